The van der Waals surface area contributed by atoms with Crippen molar-refractivity contribution in [2.24, 2.45) is 5.92 Å². The molecule has 1 aromatic carbocycles. The second-order valence-electron chi connectivity index (χ2n) is 7.10. The number of carbonyl (C=O) groups is 1. The van der Waals surface area contributed by atoms with Crippen molar-refractivity contribution in [3.63, 3.8) is 0 Å². The molecule has 1 unspecified atom stereocenters. The second-order valence-corrected chi connectivity index (χ2v) is 9.16. The maximum atomic E-state index is 12.5. The SMILES string of the molecule is CC(NC(=O)c1ccc(Cl)c(S(=O)(=O)NC(C)(C)C)c1)C1CC1. The molecule has 5 nitrogen and oxygen atoms in total. The molecule has 1 fully saturated rings. The van der Waals surface area contributed by atoms with Crippen LogP contribution in [0.1, 0.15) is 50.9 Å². The van der Waals surface area contributed by atoms with Gasteiger partial charge in [0.2, 0.25) is 10.0 Å². The van der Waals surface area contributed by atoms with Gasteiger partial charge in [0, 0.05) is 17.1 Å². The molecule has 0 bridgehead atoms. The van der Waals surface area contributed by atoms with E-state index in [1.54, 1.807) is 20.8 Å². The quantitative estimate of drug-likeness (QED) is 0.849. The highest BCUT2D eigenvalue weighted by Crippen LogP contribution is 2.32. The van der Waals surface area contributed by atoms with Crippen molar-refractivity contribution in [1.82, 2.24) is 10.0 Å². The predicted octanol–water partition coefficient (Wildman–Crippen LogP) is 2.95. The van der Waals surface area contributed by atoms with Crippen molar-refractivity contribution in [2.45, 2.75) is 57.0 Å². The van der Waals surface area contributed by atoms with Crippen LogP contribution in [0.4, 0.5) is 0 Å². The number of sulfonamides is 1. The minimum Gasteiger partial charge on any atom is -0.349 e. The summed E-state index contributed by atoms with van der Waals surface area (Å²) in [7, 11) is -3.80. The number of carbonyl (C=O) groups excluding carboxylic acids is 1. The molecule has 1 aliphatic rings. The lowest BCUT2D eigenvalue weighted by Crippen LogP contribution is -2.40. The number of hydrogen-bond acceptors (Lipinski definition) is 3. The second kappa shape index (κ2) is 6.42. The Labute approximate surface area is 142 Å². The molecule has 2 rings (SSSR count). The van der Waals surface area contributed by atoms with Gasteiger partial charge in [-0.05, 0) is 64.7 Å². The summed E-state index contributed by atoms with van der Waals surface area (Å²) in [5, 5.41) is 3.00. The molecule has 1 aliphatic carbocycles. The standard InChI is InChI=1S/C16H23ClN2O3S/c1-10(11-5-6-11)18-15(20)12-7-8-13(17)14(9-12)23(21,22)19-16(2,3)4/h7-11,19H,5-6H2,1-4H3,(H,18,20). The third kappa shape index (κ3) is 4.93. The Morgan fingerprint density at radius 2 is 1.91 bits per heavy atom. The Balaban J connectivity index is 2.26. The highest BCUT2D eigenvalue weighted by Gasteiger charge is 2.30. The fourth-order valence-corrected chi connectivity index (χ4v) is 4.26. The van der Waals surface area contributed by atoms with E-state index in [2.05, 4.69) is 10.0 Å². The first-order valence-electron chi connectivity index (χ1n) is 7.64. The number of halogens is 1. The third-order valence-electron chi connectivity index (χ3n) is 3.61. The van der Waals surface area contributed by atoms with E-state index in [1.807, 2.05) is 6.92 Å². The zero-order valence-corrected chi connectivity index (χ0v) is 15.4. The van der Waals surface area contributed by atoms with Crippen LogP contribution in [0.3, 0.4) is 0 Å². The van der Waals surface area contributed by atoms with Gasteiger partial charge in [0.25, 0.3) is 5.91 Å². The van der Waals surface area contributed by atoms with Gasteiger partial charge in [-0.2, -0.15) is 0 Å². The van der Waals surface area contributed by atoms with E-state index < -0.39 is 15.6 Å². The molecule has 0 heterocycles. The van der Waals surface area contributed by atoms with Crippen molar-refractivity contribution >= 4 is 27.5 Å². The summed E-state index contributed by atoms with van der Waals surface area (Å²) < 4.78 is 27.5. The first-order valence-corrected chi connectivity index (χ1v) is 9.50. The number of benzene rings is 1. The van der Waals surface area contributed by atoms with Crippen LogP contribution in [0.25, 0.3) is 0 Å². The van der Waals surface area contributed by atoms with Gasteiger partial charge in [0.05, 0.1) is 5.02 Å². The average Bonchev–Trinajstić information content (AvgIpc) is 3.19. The highest BCUT2D eigenvalue weighted by molar-refractivity contribution is 7.89. The van der Waals surface area contributed by atoms with Crippen molar-refractivity contribution < 1.29 is 13.2 Å². The molecule has 1 aromatic rings. The van der Waals surface area contributed by atoms with Crippen LogP contribution in [-0.4, -0.2) is 25.9 Å². The molecule has 1 amide bonds. The monoisotopic (exact) mass is 358 g/mol. The van der Waals surface area contributed by atoms with Crippen LogP contribution in [0.2, 0.25) is 5.02 Å². The summed E-state index contributed by atoms with van der Waals surface area (Å²) in [6.45, 7) is 7.19. The Morgan fingerprint density at radius 1 is 1.30 bits per heavy atom. The van der Waals surface area contributed by atoms with Gasteiger partial charge in [-0.1, -0.05) is 11.6 Å². The van der Waals surface area contributed by atoms with Gasteiger partial charge < -0.3 is 5.32 Å². The van der Waals surface area contributed by atoms with Crippen molar-refractivity contribution in [3.8, 4) is 0 Å². The largest absolute Gasteiger partial charge is 0.349 e. The molecule has 1 saturated carbocycles. The van der Waals surface area contributed by atoms with Crippen LogP contribution in [0.5, 0.6) is 0 Å². The molecule has 128 valence electrons. The number of rotatable bonds is 5. The van der Waals surface area contributed by atoms with Crippen LogP contribution >= 0.6 is 11.6 Å². The van der Waals surface area contributed by atoms with Gasteiger partial charge in [0.15, 0.2) is 0 Å². The van der Waals surface area contributed by atoms with Crippen molar-refractivity contribution in [1.29, 1.82) is 0 Å². The van der Waals surface area contributed by atoms with Crippen LogP contribution in [0, 0.1) is 5.92 Å². The van der Waals surface area contributed by atoms with Crippen LogP contribution in [0.15, 0.2) is 23.1 Å². The van der Waals surface area contributed by atoms with E-state index in [9.17, 15) is 13.2 Å². The van der Waals surface area contributed by atoms with Gasteiger partial charge in [-0.15, -0.1) is 0 Å². The summed E-state index contributed by atoms with van der Waals surface area (Å²) in [6, 6.07) is 4.39. The molecule has 0 spiro atoms. The molecule has 2 N–H and O–H groups in total. The summed E-state index contributed by atoms with van der Waals surface area (Å²) in [5.74, 6) is 0.241. The van der Waals surface area contributed by atoms with E-state index in [1.165, 1.54) is 18.2 Å². The molecule has 7 heteroatoms. The summed E-state index contributed by atoms with van der Waals surface area (Å²) in [4.78, 5) is 12.2. The van der Waals surface area contributed by atoms with E-state index >= 15 is 0 Å². The Kier molecular flexibility index (Phi) is 5.09. The minimum atomic E-state index is -3.80. The van der Waals surface area contributed by atoms with Crippen molar-refractivity contribution in [2.75, 3.05) is 0 Å². The summed E-state index contributed by atoms with van der Waals surface area (Å²) in [5.41, 5.74) is -0.350. The van der Waals surface area contributed by atoms with Gasteiger partial charge in [-0.3, -0.25) is 4.79 Å². The third-order valence-corrected chi connectivity index (χ3v) is 5.85. The normalized spacial score (nSPS) is 16.9. The van der Waals surface area contributed by atoms with E-state index in [-0.39, 0.29) is 27.4 Å². The smallest absolute Gasteiger partial charge is 0.251 e. The zero-order chi connectivity index (χ0) is 17.4. The maximum absolute atomic E-state index is 12.5. The average molecular weight is 359 g/mol. The zero-order valence-electron chi connectivity index (χ0n) is 13.8. The predicted molar refractivity (Wildman–Crippen MR) is 91.2 cm³/mol. The number of amides is 1. The highest BCUT2D eigenvalue weighted by atomic mass is 35.5. The van der Waals surface area contributed by atoms with Crippen molar-refractivity contribution in [3.05, 3.63) is 28.8 Å². The minimum absolute atomic E-state index is 0.0826. The fraction of sp³-hybridized carbons (Fsp3) is 0.562. The van der Waals surface area contributed by atoms with Crippen LogP contribution in [-0.2, 0) is 10.0 Å². The van der Waals surface area contributed by atoms with E-state index in [0.29, 0.717) is 5.92 Å². The molecule has 0 saturated heterocycles. The molecule has 0 radical (unpaired) electrons. The molecular weight excluding hydrogens is 336 g/mol. The summed E-state index contributed by atoms with van der Waals surface area (Å²) >= 11 is 6.03. The van der Waals surface area contributed by atoms with E-state index in [4.69, 9.17) is 11.6 Å². The molecule has 1 atom stereocenters. The topological polar surface area (TPSA) is 75.3 Å². The number of hydrogen-bond donors (Lipinski definition) is 2. The van der Waals surface area contributed by atoms with Crippen LogP contribution < -0.4 is 10.0 Å². The summed E-state index contributed by atoms with van der Waals surface area (Å²) in [6.07, 6.45) is 2.24. The van der Waals surface area contributed by atoms with E-state index in [0.717, 1.165) is 12.8 Å². The Hall–Kier alpha value is -1.11. The van der Waals surface area contributed by atoms with Gasteiger partial charge in [-0.25, -0.2) is 13.1 Å². The molecule has 0 aromatic heterocycles. The molecule has 23 heavy (non-hydrogen) atoms. The van der Waals surface area contributed by atoms with Gasteiger partial charge >= 0.3 is 0 Å². The first-order chi connectivity index (χ1) is 10.5. The molecular formula is C16H23ClN2O3S. The number of nitrogens with one attached hydrogen (secondary N) is 2. The lowest BCUT2D eigenvalue weighted by molar-refractivity contribution is 0.0935. The Morgan fingerprint density at radius 3 is 2.43 bits per heavy atom. The molecule has 0 aliphatic heterocycles. The Bertz CT molecular complexity index is 707. The maximum Gasteiger partial charge on any atom is 0.251 e. The lowest BCUT2D eigenvalue weighted by Gasteiger charge is -2.21. The van der Waals surface area contributed by atoms with Gasteiger partial charge in [0.1, 0.15) is 4.90 Å². The first kappa shape index (κ1) is 18.2. The lowest BCUT2D eigenvalue weighted by atomic mass is 10.1. The fourth-order valence-electron chi connectivity index (χ4n) is 2.31.